The van der Waals surface area contributed by atoms with Gasteiger partial charge in [-0.2, -0.15) is 26.3 Å². The Morgan fingerprint density at radius 1 is 1.05 bits per heavy atom. The van der Waals surface area contributed by atoms with E-state index in [1.165, 1.54) is 0 Å². The summed E-state index contributed by atoms with van der Waals surface area (Å²) in [5.41, 5.74) is -5.48. The van der Waals surface area contributed by atoms with E-state index in [2.05, 4.69) is 4.74 Å². The molecule has 0 spiro atoms. The first-order chi connectivity index (χ1) is 9.00. The van der Waals surface area contributed by atoms with E-state index >= 15 is 0 Å². The third kappa shape index (κ3) is 3.36. The molecule has 0 bridgehead atoms. The van der Waals surface area contributed by atoms with Gasteiger partial charge in [0, 0.05) is 0 Å². The number of aliphatic hydroxyl groups is 1. The molecule has 0 aromatic carbocycles. The molecule has 1 aliphatic rings. The second-order valence-electron chi connectivity index (χ2n) is 4.78. The van der Waals surface area contributed by atoms with Crippen molar-refractivity contribution in [1.82, 2.24) is 0 Å². The number of carbonyl (C=O) groups is 1. The molecular weight excluding hydrogens is 294 g/mol. The standard InChI is InChI=1S/C11H14F6O3/c12-10(13,14)9(19,11(15,16)17)8(18)20-6-5-7-3-1-2-4-7/h7,19H,1-6H2. The number of alkyl halides is 6. The zero-order valence-electron chi connectivity index (χ0n) is 10.4. The highest BCUT2D eigenvalue weighted by Crippen LogP contribution is 2.43. The lowest BCUT2D eigenvalue weighted by Gasteiger charge is -2.29. The maximum absolute atomic E-state index is 12.3. The molecule has 1 rings (SSSR count). The van der Waals surface area contributed by atoms with E-state index in [0.29, 0.717) is 0 Å². The van der Waals surface area contributed by atoms with Gasteiger partial charge in [-0.3, -0.25) is 0 Å². The molecule has 1 aliphatic carbocycles. The third-order valence-electron chi connectivity index (χ3n) is 3.35. The van der Waals surface area contributed by atoms with E-state index in [4.69, 9.17) is 5.11 Å². The van der Waals surface area contributed by atoms with Gasteiger partial charge in [-0.05, 0) is 12.3 Å². The summed E-state index contributed by atoms with van der Waals surface area (Å²) in [6.07, 6.45) is -8.69. The van der Waals surface area contributed by atoms with Crippen LogP contribution in [-0.4, -0.2) is 35.6 Å². The van der Waals surface area contributed by atoms with Gasteiger partial charge in [-0.25, -0.2) is 4.79 Å². The second-order valence-corrected chi connectivity index (χ2v) is 4.78. The van der Waals surface area contributed by atoms with Crippen molar-refractivity contribution in [3.05, 3.63) is 0 Å². The lowest BCUT2D eigenvalue weighted by atomic mass is 10.0. The van der Waals surface area contributed by atoms with Gasteiger partial charge >= 0.3 is 23.9 Å². The molecular formula is C11H14F6O3. The molecule has 0 atom stereocenters. The van der Waals surface area contributed by atoms with Gasteiger partial charge < -0.3 is 9.84 Å². The smallest absolute Gasteiger partial charge is 0.437 e. The molecule has 0 aromatic heterocycles. The van der Waals surface area contributed by atoms with Crippen LogP contribution < -0.4 is 0 Å². The van der Waals surface area contributed by atoms with Crippen molar-refractivity contribution in [3.8, 4) is 0 Å². The zero-order chi connectivity index (χ0) is 15.6. The maximum atomic E-state index is 12.3. The Morgan fingerprint density at radius 2 is 1.50 bits per heavy atom. The Bertz CT molecular complexity index is 329. The summed E-state index contributed by atoms with van der Waals surface area (Å²) in [6.45, 7) is -0.571. The monoisotopic (exact) mass is 308 g/mol. The van der Waals surface area contributed by atoms with Crippen LogP contribution in [0.4, 0.5) is 26.3 Å². The second kappa shape index (κ2) is 5.79. The fourth-order valence-electron chi connectivity index (χ4n) is 2.11. The zero-order valence-corrected chi connectivity index (χ0v) is 10.4. The normalized spacial score (nSPS) is 18.4. The highest BCUT2D eigenvalue weighted by molar-refractivity contribution is 5.81. The fraction of sp³-hybridized carbons (Fsp3) is 0.909. The summed E-state index contributed by atoms with van der Waals surface area (Å²) in [5.74, 6) is -2.59. The topological polar surface area (TPSA) is 46.5 Å². The van der Waals surface area contributed by atoms with Crippen LogP contribution >= 0.6 is 0 Å². The molecule has 0 unspecified atom stereocenters. The number of esters is 1. The molecule has 0 saturated heterocycles. The summed E-state index contributed by atoms with van der Waals surface area (Å²) in [6, 6.07) is 0. The molecule has 0 radical (unpaired) electrons. The maximum Gasteiger partial charge on any atom is 0.437 e. The van der Waals surface area contributed by atoms with E-state index < -0.39 is 30.5 Å². The Hall–Kier alpha value is -0.990. The van der Waals surface area contributed by atoms with Crippen molar-refractivity contribution in [2.75, 3.05) is 6.61 Å². The molecule has 118 valence electrons. The van der Waals surface area contributed by atoms with Crippen LogP contribution in [0.25, 0.3) is 0 Å². The van der Waals surface area contributed by atoms with Crippen LogP contribution in [0.2, 0.25) is 0 Å². The van der Waals surface area contributed by atoms with Crippen molar-refractivity contribution in [2.45, 2.75) is 50.1 Å². The van der Waals surface area contributed by atoms with Crippen LogP contribution in [-0.2, 0) is 9.53 Å². The average molecular weight is 308 g/mol. The van der Waals surface area contributed by atoms with Gasteiger partial charge in [0.15, 0.2) is 0 Å². The predicted molar refractivity (Wildman–Crippen MR) is 54.6 cm³/mol. The minimum atomic E-state index is -6.18. The molecule has 0 heterocycles. The van der Waals surface area contributed by atoms with Crippen LogP contribution in [0.3, 0.4) is 0 Å². The first-order valence-electron chi connectivity index (χ1n) is 6.03. The first kappa shape index (κ1) is 17.1. The Kier molecular flexibility index (Phi) is 4.94. The fourth-order valence-corrected chi connectivity index (χ4v) is 2.11. The lowest BCUT2D eigenvalue weighted by Crippen LogP contribution is -2.63. The molecule has 0 amide bonds. The van der Waals surface area contributed by atoms with Crippen LogP contribution in [0.15, 0.2) is 0 Å². The largest absolute Gasteiger partial charge is 0.463 e. The SMILES string of the molecule is O=C(OCCC1CCCC1)C(O)(C(F)(F)F)C(F)(F)F. The van der Waals surface area contributed by atoms with Gasteiger partial charge in [0.25, 0.3) is 0 Å². The minimum absolute atomic E-state index is 0.132. The number of halogens is 6. The molecule has 1 N–H and O–H groups in total. The average Bonchev–Trinajstić information content (AvgIpc) is 2.77. The first-order valence-corrected chi connectivity index (χ1v) is 6.03. The van der Waals surface area contributed by atoms with E-state index in [-0.39, 0.29) is 12.3 Å². The number of carbonyl (C=O) groups excluding carboxylic acids is 1. The Labute approximate surface area is 110 Å². The number of rotatable bonds is 4. The van der Waals surface area contributed by atoms with Crippen molar-refractivity contribution in [3.63, 3.8) is 0 Å². The van der Waals surface area contributed by atoms with E-state index in [0.717, 1.165) is 25.7 Å². The number of hydrogen-bond donors (Lipinski definition) is 1. The van der Waals surface area contributed by atoms with Crippen LogP contribution in [0.1, 0.15) is 32.1 Å². The highest BCUT2D eigenvalue weighted by atomic mass is 19.4. The summed E-state index contributed by atoms with van der Waals surface area (Å²) in [4.78, 5) is 11.0. The molecule has 9 heteroatoms. The van der Waals surface area contributed by atoms with Crippen molar-refractivity contribution in [1.29, 1.82) is 0 Å². The van der Waals surface area contributed by atoms with Gasteiger partial charge in [-0.1, -0.05) is 25.7 Å². The Morgan fingerprint density at radius 3 is 1.90 bits per heavy atom. The van der Waals surface area contributed by atoms with Gasteiger partial charge in [-0.15, -0.1) is 0 Å². The van der Waals surface area contributed by atoms with Crippen molar-refractivity contribution in [2.24, 2.45) is 5.92 Å². The van der Waals surface area contributed by atoms with Gasteiger partial charge in [0.2, 0.25) is 0 Å². The van der Waals surface area contributed by atoms with E-state index in [1.54, 1.807) is 0 Å². The number of ether oxygens (including phenoxy) is 1. The summed E-state index contributed by atoms with van der Waals surface area (Å²) >= 11 is 0. The molecule has 1 saturated carbocycles. The van der Waals surface area contributed by atoms with Crippen molar-refractivity contribution < 1.29 is 41.0 Å². The van der Waals surface area contributed by atoms with Crippen molar-refractivity contribution >= 4 is 5.97 Å². The molecule has 20 heavy (non-hydrogen) atoms. The molecule has 3 nitrogen and oxygen atoms in total. The molecule has 0 aliphatic heterocycles. The van der Waals surface area contributed by atoms with E-state index in [1.807, 2.05) is 0 Å². The number of hydrogen-bond acceptors (Lipinski definition) is 3. The highest BCUT2D eigenvalue weighted by Gasteiger charge is 2.76. The molecule has 0 aromatic rings. The lowest BCUT2D eigenvalue weighted by molar-refractivity contribution is -0.357. The Balaban J connectivity index is 2.65. The summed E-state index contributed by atoms with van der Waals surface area (Å²) < 4.78 is 77.8. The van der Waals surface area contributed by atoms with E-state index in [9.17, 15) is 31.1 Å². The predicted octanol–water partition coefficient (Wildman–Crippen LogP) is 2.97. The minimum Gasteiger partial charge on any atom is -0.463 e. The molecule has 1 fully saturated rings. The van der Waals surface area contributed by atoms with Crippen LogP contribution in [0, 0.1) is 5.92 Å². The van der Waals surface area contributed by atoms with Gasteiger partial charge in [0.1, 0.15) is 0 Å². The van der Waals surface area contributed by atoms with Gasteiger partial charge in [0.05, 0.1) is 6.61 Å². The third-order valence-corrected chi connectivity index (χ3v) is 3.35. The van der Waals surface area contributed by atoms with Crippen LogP contribution in [0.5, 0.6) is 0 Å². The summed E-state index contributed by atoms with van der Waals surface area (Å²) in [7, 11) is 0. The quantitative estimate of drug-likeness (QED) is 0.641. The summed E-state index contributed by atoms with van der Waals surface area (Å²) in [5, 5.41) is 8.72.